The summed E-state index contributed by atoms with van der Waals surface area (Å²) in [7, 11) is 0. The van der Waals surface area contributed by atoms with E-state index in [1.165, 1.54) is 5.56 Å². The maximum Gasteiger partial charge on any atom is 0.274 e. The zero-order chi connectivity index (χ0) is 20.9. The minimum Gasteiger partial charge on any atom is -0.471 e. The average Bonchev–Trinajstić information content (AvgIpc) is 3.40. The predicted molar refractivity (Wildman–Crippen MR) is 113 cm³/mol. The predicted octanol–water partition coefficient (Wildman–Crippen LogP) is 2.40. The molecule has 1 aliphatic heterocycles. The summed E-state index contributed by atoms with van der Waals surface area (Å²) in [5.41, 5.74) is 2.80. The molecule has 4 rings (SSSR count). The monoisotopic (exact) mass is 408 g/mol. The summed E-state index contributed by atoms with van der Waals surface area (Å²) in [5.74, 6) is 0.750. The molecule has 30 heavy (non-hydrogen) atoms. The Balaban J connectivity index is 1.28. The number of carbonyl (C=O) groups is 1. The highest BCUT2D eigenvalue weighted by molar-refractivity contribution is 5.92. The first-order chi connectivity index (χ1) is 14.6. The van der Waals surface area contributed by atoms with Gasteiger partial charge in [-0.15, -0.1) is 0 Å². The van der Waals surface area contributed by atoms with E-state index in [0.717, 1.165) is 37.6 Å². The lowest BCUT2D eigenvalue weighted by molar-refractivity contribution is 0.0620. The standard InChI is InChI=1S/C22H28N6O2/c1-3-27-16-19(18(2)23-27)15-25-11-13-26(14-12-25)22(29)21-9-10-28(24-21)17-30-20-7-5-4-6-8-20/h4-10,16H,3,11-15,17H2,1-2H3. The minimum atomic E-state index is -0.0249. The van der Waals surface area contributed by atoms with Crippen LogP contribution in [0.4, 0.5) is 0 Å². The van der Waals surface area contributed by atoms with Crippen molar-refractivity contribution in [2.24, 2.45) is 0 Å². The first-order valence-corrected chi connectivity index (χ1v) is 10.4. The van der Waals surface area contributed by atoms with Crippen LogP contribution in [-0.4, -0.2) is 61.4 Å². The van der Waals surface area contributed by atoms with Crippen molar-refractivity contribution in [2.45, 2.75) is 33.7 Å². The van der Waals surface area contributed by atoms with Gasteiger partial charge in [-0.1, -0.05) is 18.2 Å². The van der Waals surface area contributed by atoms with E-state index >= 15 is 0 Å². The van der Waals surface area contributed by atoms with E-state index in [1.807, 2.05) is 39.9 Å². The number of benzene rings is 1. The summed E-state index contributed by atoms with van der Waals surface area (Å²) in [4.78, 5) is 17.1. The molecule has 0 bridgehead atoms. The molecule has 0 saturated carbocycles. The van der Waals surface area contributed by atoms with Crippen molar-refractivity contribution in [2.75, 3.05) is 26.2 Å². The average molecular weight is 409 g/mol. The van der Waals surface area contributed by atoms with Crippen molar-refractivity contribution >= 4 is 5.91 Å². The van der Waals surface area contributed by atoms with Crippen LogP contribution < -0.4 is 4.74 Å². The Kier molecular flexibility index (Phi) is 6.13. The number of aryl methyl sites for hydroxylation is 2. The third kappa shape index (κ3) is 4.71. The topological polar surface area (TPSA) is 68.4 Å². The fourth-order valence-electron chi connectivity index (χ4n) is 3.59. The van der Waals surface area contributed by atoms with Gasteiger partial charge in [0.2, 0.25) is 0 Å². The van der Waals surface area contributed by atoms with Crippen LogP contribution in [0, 0.1) is 6.92 Å². The summed E-state index contributed by atoms with van der Waals surface area (Å²) in [5, 5.41) is 8.91. The lowest BCUT2D eigenvalue weighted by Gasteiger charge is -2.34. The van der Waals surface area contributed by atoms with Gasteiger partial charge in [0.05, 0.1) is 5.69 Å². The fourth-order valence-corrected chi connectivity index (χ4v) is 3.59. The molecule has 2 aromatic heterocycles. The number of piperazine rings is 1. The van der Waals surface area contributed by atoms with E-state index in [1.54, 1.807) is 16.9 Å². The minimum absolute atomic E-state index is 0.0249. The molecule has 1 amide bonds. The van der Waals surface area contributed by atoms with Gasteiger partial charge in [0.1, 0.15) is 5.75 Å². The number of hydrogen-bond acceptors (Lipinski definition) is 5. The van der Waals surface area contributed by atoms with Crippen LogP contribution >= 0.6 is 0 Å². The van der Waals surface area contributed by atoms with Gasteiger partial charge in [-0.05, 0) is 32.0 Å². The van der Waals surface area contributed by atoms with Crippen molar-refractivity contribution in [3.8, 4) is 5.75 Å². The lowest BCUT2D eigenvalue weighted by Crippen LogP contribution is -2.48. The van der Waals surface area contributed by atoms with Gasteiger partial charge in [0.25, 0.3) is 5.91 Å². The molecule has 1 aromatic carbocycles. The molecular weight excluding hydrogens is 380 g/mol. The second-order valence-corrected chi connectivity index (χ2v) is 7.49. The number of rotatable bonds is 7. The van der Waals surface area contributed by atoms with E-state index < -0.39 is 0 Å². The molecule has 8 heteroatoms. The molecule has 0 atom stereocenters. The van der Waals surface area contributed by atoms with Gasteiger partial charge in [0, 0.05) is 57.2 Å². The molecule has 0 aliphatic carbocycles. The molecule has 3 aromatic rings. The van der Waals surface area contributed by atoms with Crippen molar-refractivity contribution < 1.29 is 9.53 Å². The number of hydrogen-bond donors (Lipinski definition) is 0. The summed E-state index contributed by atoms with van der Waals surface area (Å²) < 4.78 is 9.30. The highest BCUT2D eigenvalue weighted by atomic mass is 16.5. The summed E-state index contributed by atoms with van der Waals surface area (Å²) in [6.45, 7) is 9.27. The van der Waals surface area contributed by atoms with Crippen molar-refractivity contribution in [3.05, 3.63) is 65.7 Å². The molecular formula is C22H28N6O2. The van der Waals surface area contributed by atoms with Gasteiger partial charge in [0.15, 0.2) is 12.4 Å². The maximum absolute atomic E-state index is 12.8. The zero-order valence-electron chi connectivity index (χ0n) is 17.6. The van der Waals surface area contributed by atoms with E-state index in [0.29, 0.717) is 18.8 Å². The quantitative estimate of drug-likeness (QED) is 0.601. The van der Waals surface area contributed by atoms with Gasteiger partial charge in [-0.2, -0.15) is 10.2 Å². The largest absolute Gasteiger partial charge is 0.471 e. The third-order valence-corrected chi connectivity index (χ3v) is 5.39. The Bertz CT molecular complexity index is 973. The molecule has 0 unspecified atom stereocenters. The second kappa shape index (κ2) is 9.13. The number of amides is 1. The number of para-hydroxylation sites is 1. The van der Waals surface area contributed by atoms with Crippen LogP contribution in [0.3, 0.4) is 0 Å². The summed E-state index contributed by atoms with van der Waals surface area (Å²) >= 11 is 0. The molecule has 158 valence electrons. The van der Waals surface area contributed by atoms with Crippen molar-refractivity contribution in [1.29, 1.82) is 0 Å². The van der Waals surface area contributed by atoms with Crippen LogP contribution in [0.25, 0.3) is 0 Å². The lowest BCUT2D eigenvalue weighted by atomic mass is 10.2. The van der Waals surface area contributed by atoms with Gasteiger partial charge >= 0.3 is 0 Å². The molecule has 1 aliphatic rings. The molecule has 0 radical (unpaired) electrons. The number of aromatic nitrogens is 4. The van der Waals surface area contributed by atoms with Crippen LogP contribution in [0.5, 0.6) is 5.75 Å². The summed E-state index contributed by atoms with van der Waals surface area (Å²) in [6.07, 6.45) is 3.90. The van der Waals surface area contributed by atoms with E-state index in [-0.39, 0.29) is 12.6 Å². The Morgan fingerprint density at radius 1 is 1.03 bits per heavy atom. The van der Waals surface area contributed by atoms with Crippen LogP contribution in [-0.2, 0) is 19.8 Å². The Labute approximate surface area is 176 Å². The fraction of sp³-hybridized carbons (Fsp3) is 0.409. The Morgan fingerprint density at radius 3 is 2.50 bits per heavy atom. The third-order valence-electron chi connectivity index (χ3n) is 5.39. The highest BCUT2D eigenvalue weighted by Gasteiger charge is 2.24. The van der Waals surface area contributed by atoms with Gasteiger partial charge in [-0.3, -0.25) is 14.4 Å². The maximum atomic E-state index is 12.8. The number of ether oxygens (including phenoxy) is 1. The van der Waals surface area contributed by atoms with Crippen molar-refractivity contribution in [3.63, 3.8) is 0 Å². The van der Waals surface area contributed by atoms with Gasteiger partial charge < -0.3 is 9.64 Å². The molecule has 0 spiro atoms. The molecule has 8 nitrogen and oxygen atoms in total. The number of nitrogens with zero attached hydrogens (tertiary/aromatic N) is 6. The first kappa shape index (κ1) is 20.2. The van der Waals surface area contributed by atoms with Crippen molar-refractivity contribution in [1.82, 2.24) is 29.4 Å². The first-order valence-electron chi connectivity index (χ1n) is 10.4. The zero-order valence-corrected chi connectivity index (χ0v) is 17.6. The van der Waals surface area contributed by atoms with Crippen LogP contribution in [0.15, 0.2) is 48.8 Å². The smallest absolute Gasteiger partial charge is 0.274 e. The molecule has 1 fully saturated rings. The Morgan fingerprint density at radius 2 is 1.80 bits per heavy atom. The second-order valence-electron chi connectivity index (χ2n) is 7.49. The van der Waals surface area contributed by atoms with E-state index in [9.17, 15) is 4.79 Å². The molecule has 1 saturated heterocycles. The van der Waals surface area contributed by atoms with Crippen LogP contribution in [0.2, 0.25) is 0 Å². The van der Waals surface area contributed by atoms with Crippen LogP contribution in [0.1, 0.15) is 28.7 Å². The van der Waals surface area contributed by atoms with Gasteiger partial charge in [-0.25, -0.2) is 4.68 Å². The van der Waals surface area contributed by atoms with E-state index in [2.05, 4.69) is 35.1 Å². The SMILES string of the molecule is CCn1cc(CN2CCN(C(=O)c3ccn(COc4ccccc4)n3)CC2)c(C)n1. The number of carbonyl (C=O) groups excluding carboxylic acids is 1. The highest BCUT2D eigenvalue weighted by Crippen LogP contribution is 2.14. The summed E-state index contributed by atoms with van der Waals surface area (Å²) in [6, 6.07) is 11.3. The normalized spacial score (nSPS) is 14.8. The van der Waals surface area contributed by atoms with E-state index in [4.69, 9.17) is 4.74 Å². The molecule has 0 N–H and O–H groups in total. The Hall–Kier alpha value is -3.13. The molecule has 3 heterocycles.